The highest BCUT2D eigenvalue weighted by Gasteiger charge is 2.21. The fourth-order valence-electron chi connectivity index (χ4n) is 3.87. The quantitative estimate of drug-likeness (QED) is 0.189. The van der Waals surface area contributed by atoms with Gasteiger partial charge in [-0.1, -0.05) is 46.9 Å². The molecule has 5 N–H and O–H groups in total. The Kier molecular flexibility index (Phi) is 6.72. The Morgan fingerprint density at radius 3 is 2.50 bits per heavy atom. The summed E-state index contributed by atoms with van der Waals surface area (Å²) in [5, 5.41) is 18.1. The molecule has 3 aromatic carbocycles. The first kappa shape index (κ1) is 24.0. The van der Waals surface area contributed by atoms with Crippen LogP contribution in [0.2, 0.25) is 15.1 Å². The minimum Gasteiger partial charge on any atom is -0.373 e. The van der Waals surface area contributed by atoms with Gasteiger partial charge in [0.1, 0.15) is 11.9 Å². The van der Waals surface area contributed by atoms with Crippen LogP contribution in [0.25, 0.3) is 10.9 Å². The van der Waals surface area contributed by atoms with Gasteiger partial charge in [0, 0.05) is 33.5 Å². The van der Waals surface area contributed by atoms with E-state index in [9.17, 15) is 9.65 Å². The van der Waals surface area contributed by atoms with Gasteiger partial charge < -0.3 is 21.5 Å². The van der Waals surface area contributed by atoms with Crippen molar-refractivity contribution < 1.29 is 4.39 Å². The van der Waals surface area contributed by atoms with E-state index >= 15 is 0 Å². The predicted octanol–water partition coefficient (Wildman–Crippen LogP) is 6.56. The van der Waals surface area contributed by atoms with Crippen molar-refractivity contribution in [3.05, 3.63) is 105 Å². The minimum atomic E-state index is -0.518. The molecule has 11 heteroatoms. The number of benzene rings is 3. The van der Waals surface area contributed by atoms with Gasteiger partial charge in [0.25, 0.3) is 0 Å². The average molecular weight is 541 g/mol. The molecular formula is C25H17Cl3FN7. The lowest BCUT2D eigenvalue weighted by Crippen LogP contribution is -2.33. The molecule has 0 amide bonds. The lowest BCUT2D eigenvalue weighted by molar-refractivity contribution is 0.583. The van der Waals surface area contributed by atoms with Crippen LogP contribution < -0.4 is 27.0 Å². The Balaban J connectivity index is 1.61. The minimum absolute atomic E-state index is 0.123. The Labute approximate surface area is 220 Å². The van der Waals surface area contributed by atoms with Gasteiger partial charge in [0.15, 0.2) is 0 Å². The highest BCUT2D eigenvalue weighted by atomic mass is 35.5. The van der Waals surface area contributed by atoms with Crippen molar-refractivity contribution in [1.29, 1.82) is 5.26 Å². The molecule has 2 heterocycles. The summed E-state index contributed by atoms with van der Waals surface area (Å²) in [5.41, 5.74) is 12.4. The molecule has 5 rings (SSSR count). The van der Waals surface area contributed by atoms with E-state index < -0.39 is 5.82 Å². The van der Waals surface area contributed by atoms with Crippen molar-refractivity contribution in [3.63, 3.8) is 0 Å². The number of hydrogen-bond acceptors (Lipinski definition) is 7. The molecular weight excluding hydrogens is 524 g/mol. The molecule has 0 aliphatic carbocycles. The molecule has 1 aliphatic rings. The van der Waals surface area contributed by atoms with Crippen molar-refractivity contribution in [1.82, 2.24) is 21.4 Å². The number of rotatable bonds is 6. The maximum Gasteiger partial charge on any atom is 0.146 e. The number of halogens is 4. The normalized spacial score (nSPS) is 13.4. The second kappa shape index (κ2) is 10.1. The summed E-state index contributed by atoms with van der Waals surface area (Å²) in [5.74, 6) is -0.518. The topological polar surface area (TPSA) is 96.8 Å². The number of hydrogen-bond donors (Lipinski definition) is 5. The first-order valence-corrected chi connectivity index (χ1v) is 11.8. The largest absolute Gasteiger partial charge is 0.373 e. The van der Waals surface area contributed by atoms with Gasteiger partial charge in [-0.2, -0.15) is 10.8 Å². The molecule has 0 saturated carbocycles. The number of nitrogens with one attached hydrogen (secondary N) is 5. The zero-order valence-corrected chi connectivity index (χ0v) is 20.6. The molecule has 7 nitrogen and oxygen atoms in total. The maximum absolute atomic E-state index is 14.5. The molecule has 0 spiro atoms. The molecule has 4 aromatic rings. The van der Waals surface area contributed by atoms with Crippen LogP contribution in [0.5, 0.6) is 0 Å². The summed E-state index contributed by atoms with van der Waals surface area (Å²) in [4.78, 5) is 4.36. The van der Waals surface area contributed by atoms with Gasteiger partial charge in [0.05, 0.1) is 39.2 Å². The smallest absolute Gasteiger partial charge is 0.146 e. The first-order chi connectivity index (χ1) is 17.4. The Morgan fingerprint density at radius 1 is 1.00 bits per heavy atom. The number of anilines is 3. The zero-order valence-electron chi connectivity index (χ0n) is 18.3. The molecule has 1 aromatic heterocycles. The van der Waals surface area contributed by atoms with Crippen molar-refractivity contribution in [3.8, 4) is 6.07 Å². The van der Waals surface area contributed by atoms with E-state index in [0.29, 0.717) is 37.3 Å². The standard InChI is InChI=1S/C25H17Cl3FN7/c26-15-3-1-13(2-4-15)24(22-12-32-36-35-22)33-17-8-18-23(34-21-7-16(27)5-6-20(21)29)14(10-30)11-31-25(18)19(28)9-17/h1-9,11-12,24,32-33,35-36H,(H,31,34)/t24-/m0/s1. The van der Waals surface area contributed by atoms with Crippen LogP contribution >= 0.6 is 34.8 Å². The van der Waals surface area contributed by atoms with Gasteiger partial charge in [0.2, 0.25) is 0 Å². The third kappa shape index (κ3) is 4.83. The summed E-state index contributed by atoms with van der Waals surface area (Å²) in [6.07, 6.45) is 3.19. The summed E-state index contributed by atoms with van der Waals surface area (Å²) in [6, 6.07) is 16.9. The van der Waals surface area contributed by atoms with Crippen LogP contribution in [0.1, 0.15) is 17.2 Å². The van der Waals surface area contributed by atoms with Gasteiger partial charge >= 0.3 is 0 Å². The van der Waals surface area contributed by atoms with Crippen molar-refractivity contribution in [2.45, 2.75) is 6.04 Å². The van der Waals surface area contributed by atoms with Crippen LogP contribution in [0.4, 0.5) is 21.5 Å². The SMILES string of the molecule is N#Cc1cnc2c(Cl)cc(N[C@H](C3=CNNN3)c3ccc(Cl)cc3)cc2c1Nc1cc(Cl)ccc1F. The predicted molar refractivity (Wildman–Crippen MR) is 141 cm³/mol. The molecule has 0 bridgehead atoms. The van der Waals surface area contributed by atoms with E-state index in [1.54, 1.807) is 30.5 Å². The van der Waals surface area contributed by atoms with Gasteiger partial charge in [-0.25, -0.2) is 4.39 Å². The van der Waals surface area contributed by atoms with E-state index in [4.69, 9.17) is 34.8 Å². The van der Waals surface area contributed by atoms with Crippen molar-refractivity contribution >= 4 is 62.8 Å². The van der Waals surface area contributed by atoms with E-state index in [0.717, 1.165) is 11.3 Å². The Bertz CT molecular complexity index is 1530. The maximum atomic E-state index is 14.5. The van der Waals surface area contributed by atoms with Gasteiger partial charge in [-0.15, -0.1) is 0 Å². The molecule has 36 heavy (non-hydrogen) atoms. The van der Waals surface area contributed by atoms with E-state index in [-0.39, 0.29) is 17.3 Å². The number of hydrazine groups is 2. The molecule has 1 atom stereocenters. The Hall–Kier alpha value is -3.74. The Morgan fingerprint density at radius 2 is 1.78 bits per heavy atom. The van der Waals surface area contributed by atoms with Crippen molar-refractivity contribution in [2.24, 2.45) is 0 Å². The molecule has 0 saturated heterocycles. The molecule has 0 unspecified atom stereocenters. The summed E-state index contributed by atoms with van der Waals surface area (Å²) < 4.78 is 14.5. The molecule has 180 valence electrons. The summed E-state index contributed by atoms with van der Waals surface area (Å²) in [7, 11) is 0. The monoisotopic (exact) mass is 539 g/mol. The molecule has 0 radical (unpaired) electrons. The zero-order chi connectivity index (χ0) is 25.2. The third-order valence-corrected chi connectivity index (χ3v) is 6.34. The van der Waals surface area contributed by atoms with Crippen LogP contribution in [0.15, 0.2) is 72.7 Å². The van der Waals surface area contributed by atoms with Crippen molar-refractivity contribution in [2.75, 3.05) is 10.6 Å². The number of pyridine rings is 1. The second-order valence-corrected chi connectivity index (χ2v) is 9.17. The summed E-state index contributed by atoms with van der Waals surface area (Å²) in [6.45, 7) is 0. The van der Waals surface area contributed by atoms with Gasteiger partial charge in [-0.3, -0.25) is 4.98 Å². The first-order valence-electron chi connectivity index (χ1n) is 10.7. The highest BCUT2D eigenvalue weighted by Crippen LogP contribution is 2.37. The van der Waals surface area contributed by atoms with E-state index in [1.807, 2.05) is 12.1 Å². The number of nitrogens with zero attached hydrogens (tertiary/aromatic N) is 2. The molecule has 0 fully saturated rings. The summed E-state index contributed by atoms with van der Waals surface area (Å²) >= 11 is 18.8. The lowest BCUT2D eigenvalue weighted by Gasteiger charge is -2.22. The van der Waals surface area contributed by atoms with Crippen LogP contribution in [0.3, 0.4) is 0 Å². The second-order valence-electron chi connectivity index (χ2n) is 7.89. The third-order valence-electron chi connectivity index (χ3n) is 5.57. The van der Waals surface area contributed by atoms with Crippen LogP contribution in [0, 0.1) is 17.1 Å². The van der Waals surface area contributed by atoms with Crippen LogP contribution in [-0.4, -0.2) is 4.98 Å². The number of nitriles is 1. The van der Waals surface area contributed by atoms with E-state index in [2.05, 4.69) is 38.1 Å². The lowest BCUT2D eigenvalue weighted by atomic mass is 10.0. The fourth-order valence-corrected chi connectivity index (χ4v) is 4.43. The average Bonchev–Trinajstić information content (AvgIpc) is 3.40. The van der Waals surface area contributed by atoms with E-state index in [1.165, 1.54) is 24.4 Å². The van der Waals surface area contributed by atoms with Crippen LogP contribution in [-0.2, 0) is 0 Å². The highest BCUT2D eigenvalue weighted by molar-refractivity contribution is 6.36. The fraction of sp³-hybridized carbons (Fsp3) is 0.0400. The van der Waals surface area contributed by atoms with Gasteiger partial charge in [-0.05, 0) is 48.0 Å². The molecule has 1 aliphatic heterocycles. The number of fused-ring (bicyclic) bond motifs is 1. The number of aromatic nitrogens is 1.